The highest BCUT2D eigenvalue weighted by Crippen LogP contribution is 2.35. The number of hydrogen-bond donors (Lipinski definition) is 3. The molecule has 130 valence electrons. The summed E-state index contributed by atoms with van der Waals surface area (Å²) in [5.41, 5.74) is 2.34. The van der Waals surface area contributed by atoms with Crippen molar-refractivity contribution in [1.82, 2.24) is 9.88 Å². The molecule has 0 fully saturated rings. The number of aromatic nitrogens is 1. The standard InChI is InChI=1S/C16H16N4O4S/c1-8-3-4-10-14(25-16(19-10)17-9(2)22)13(8)18-11-7-12(23)20(5-6-21)15(11)24/h3-4,7,18,21H,5-6H2,1-2H3,(H,17,19,22). The number of thiazole rings is 1. The summed E-state index contributed by atoms with van der Waals surface area (Å²) in [6.07, 6.45) is 1.21. The van der Waals surface area contributed by atoms with Crippen LogP contribution in [0.4, 0.5) is 10.8 Å². The van der Waals surface area contributed by atoms with E-state index in [0.717, 1.165) is 15.2 Å². The lowest BCUT2D eigenvalue weighted by Gasteiger charge is -2.14. The van der Waals surface area contributed by atoms with Crippen molar-refractivity contribution in [3.05, 3.63) is 29.5 Å². The van der Waals surface area contributed by atoms with Crippen LogP contribution in [-0.2, 0) is 14.4 Å². The van der Waals surface area contributed by atoms with E-state index in [2.05, 4.69) is 15.6 Å². The fraction of sp³-hybridized carbons (Fsp3) is 0.250. The molecule has 9 heteroatoms. The van der Waals surface area contributed by atoms with Gasteiger partial charge in [0, 0.05) is 13.0 Å². The number of β-amino-alcohol motifs (C(OH)–C–C–N with tert-alkyl or cyclic N) is 1. The van der Waals surface area contributed by atoms with Gasteiger partial charge in [0.15, 0.2) is 5.13 Å². The molecule has 1 aromatic carbocycles. The number of nitrogens with one attached hydrogen (secondary N) is 2. The molecule has 3 N–H and O–H groups in total. The summed E-state index contributed by atoms with van der Waals surface area (Å²) in [4.78, 5) is 40.7. The van der Waals surface area contributed by atoms with Crippen molar-refractivity contribution >= 4 is 50.1 Å². The molecule has 0 radical (unpaired) electrons. The average molecular weight is 360 g/mol. The van der Waals surface area contributed by atoms with Gasteiger partial charge in [-0.2, -0.15) is 0 Å². The van der Waals surface area contributed by atoms with Crippen LogP contribution in [0.15, 0.2) is 23.9 Å². The van der Waals surface area contributed by atoms with Crippen LogP contribution in [0.25, 0.3) is 10.2 Å². The van der Waals surface area contributed by atoms with E-state index in [9.17, 15) is 14.4 Å². The van der Waals surface area contributed by atoms with Crippen LogP contribution in [0.1, 0.15) is 12.5 Å². The third kappa shape index (κ3) is 3.24. The van der Waals surface area contributed by atoms with Crippen molar-refractivity contribution in [3.8, 4) is 0 Å². The summed E-state index contributed by atoms with van der Waals surface area (Å²) in [5.74, 6) is -1.17. The lowest BCUT2D eigenvalue weighted by Crippen LogP contribution is -2.34. The third-order valence-corrected chi connectivity index (χ3v) is 4.65. The molecule has 0 bridgehead atoms. The highest BCUT2D eigenvalue weighted by Gasteiger charge is 2.31. The molecule has 0 atom stereocenters. The number of nitrogens with zero attached hydrogens (tertiary/aromatic N) is 2. The Morgan fingerprint density at radius 3 is 2.80 bits per heavy atom. The summed E-state index contributed by atoms with van der Waals surface area (Å²) >= 11 is 1.28. The summed E-state index contributed by atoms with van der Waals surface area (Å²) in [7, 11) is 0. The van der Waals surface area contributed by atoms with E-state index >= 15 is 0 Å². The van der Waals surface area contributed by atoms with Crippen LogP contribution in [0.5, 0.6) is 0 Å². The number of amides is 3. The van der Waals surface area contributed by atoms with Crippen molar-refractivity contribution in [1.29, 1.82) is 0 Å². The maximum atomic E-state index is 12.3. The molecule has 0 spiro atoms. The van der Waals surface area contributed by atoms with Crippen LogP contribution in [0.2, 0.25) is 0 Å². The lowest BCUT2D eigenvalue weighted by molar-refractivity contribution is -0.137. The zero-order valence-electron chi connectivity index (χ0n) is 13.6. The van der Waals surface area contributed by atoms with Crippen LogP contribution in [0.3, 0.4) is 0 Å². The Kier molecular flexibility index (Phi) is 4.51. The van der Waals surface area contributed by atoms with Gasteiger partial charge < -0.3 is 15.7 Å². The largest absolute Gasteiger partial charge is 0.395 e. The first-order valence-corrected chi connectivity index (χ1v) is 8.35. The second-order valence-corrected chi connectivity index (χ2v) is 6.51. The van der Waals surface area contributed by atoms with Crippen LogP contribution in [0, 0.1) is 6.92 Å². The molecule has 0 saturated carbocycles. The Bertz CT molecular complexity index is 918. The Morgan fingerprint density at radius 1 is 1.36 bits per heavy atom. The van der Waals surface area contributed by atoms with Gasteiger partial charge in [0.1, 0.15) is 5.70 Å². The first-order chi connectivity index (χ1) is 11.9. The SMILES string of the molecule is CC(=O)Nc1nc2ccc(C)c(NC3=CC(=O)N(CCO)C3=O)c2s1. The number of carbonyl (C=O) groups is 3. The molecule has 0 aliphatic carbocycles. The number of fused-ring (bicyclic) bond motifs is 1. The fourth-order valence-corrected chi connectivity index (χ4v) is 3.56. The molecule has 3 amide bonds. The second-order valence-electron chi connectivity index (χ2n) is 5.51. The molecule has 2 heterocycles. The number of carbonyl (C=O) groups excluding carboxylic acids is 3. The van der Waals surface area contributed by atoms with Crippen LogP contribution in [-0.4, -0.2) is 45.9 Å². The van der Waals surface area contributed by atoms with Gasteiger partial charge in [-0.1, -0.05) is 17.4 Å². The molecule has 8 nitrogen and oxygen atoms in total. The maximum Gasteiger partial charge on any atom is 0.277 e. The number of hydrogen-bond acceptors (Lipinski definition) is 7. The number of anilines is 2. The van der Waals surface area contributed by atoms with Crippen molar-refractivity contribution in [2.45, 2.75) is 13.8 Å². The zero-order chi connectivity index (χ0) is 18.1. The van der Waals surface area contributed by atoms with Crippen molar-refractivity contribution in [3.63, 3.8) is 0 Å². The smallest absolute Gasteiger partial charge is 0.277 e. The molecule has 2 aromatic rings. The normalized spacial score (nSPS) is 14.2. The van der Waals surface area contributed by atoms with E-state index in [1.165, 1.54) is 24.3 Å². The number of rotatable bonds is 5. The molecule has 3 rings (SSSR count). The molecule has 1 aromatic heterocycles. The number of imide groups is 1. The molecular formula is C16H16N4O4S. The first kappa shape index (κ1) is 17.1. The van der Waals surface area contributed by atoms with Gasteiger partial charge in [-0.05, 0) is 18.6 Å². The molecule has 0 unspecified atom stereocenters. The first-order valence-electron chi connectivity index (χ1n) is 7.54. The van der Waals surface area contributed by atoms with Gasteiger partial charge in [-0.25, -0.2) is 4.98 Å². The van der Waals surface area contributed by atoms with Crippen molar-refractivity contribution in [2.24, 2.45) is 0 Å². The number of aliphatic hydroxyl groups excluding tert-OH is 1. The Hall–Kier alpha value is -2.78. The van der Waals surface area contributed by atoms with Gasteiger partial charge in [0.2, 0.25) is 5.91 Å². The molecule has 25 heavy (non-hydrogen) atoms. The Balaban J connectivity index is 1.96. The minimum Gasteiger partial charge on any atom is -0.395 e. The number of benzene rings is 1. The van der Waals surface area contributed by atoms with Crippen molar-refractivity contribution < 1.29 is 19.5 Å². The van der Waals surface area contributed by atoms with Gasteiger partial charge in [-0.3, -0.25) is 19.3 Å². The quantitative estimate of drug-likeness (QED) is 0.691. The van der Waals surface area contributed by atoms with Crippen molar-refractivity contribution in [2.75, 3.05) is 23.8 Å². The minimum absolute atomic E-state index is 0.0459. The van der Waals surface area contributed by atoms with E-state index in [4.69, 9.17) is 5.11 Å². The van der Waals surface area contributed by atoms with Gasteiger partial charge in [-0.15, -0.1) is 0 Å². The van der Waals surface area contributed by atoms with Crippen LogP contribution >= 0.6 is 11.3 Å². The summed E-state index contributed by atoms with van der Waals surface area (Å²) in [6, 6.07) is 3.67. The lowest BCUT2D eigenvalue weighted by atomic mass is 10.2. The zero-order valence-corrected chi connectivity index (χ0v) is 14.4. The summed E-state index contributed by atoms with van der Waals surface area (Å²) in [5, 5.41) is 15.1. The predicted molar refractivity (Wildman–Crippen MR) is 94.2 cm³/mol. The summed E-state index contributed by atoms with van der Waals surface area (Å²) in [6.45, 7) is 2.94. The fourth-order valence-electron chi connectivity index (χ4n) is 2.49. The van der Waals surface area contributed by atoms with E-state index in [0.29, 0.717) is 16.3 Å². The van der Waals surface area contributed by atoms with E-state index in [1.807, 2.05) is 19.1 Å². The monoisotopic (exact) mass is 360 g/mol. The molecule has 1 aliphatic heterocycles. The van der Waals surface area contributed by atoms with E-state index in [1.54, 1.807) is 0 Å². The third-order valence-electron chi connectivity index (χ3n) is 3.64. The van der Waals surface area contributed by atoms with E-state index < -0.39 is 11.8 Å². The summed E-state index contributed by atoms with van der Waals surface area (Å²) < 4.78 is 0.769. The molecule has 1 aliphatic rings. The minimum atomic E-state index is -0.484. The topological polar surface area (TPSA) is 112 Å². The molecule has 0 saturated heterocycles. The number of aryl methyl sites for hydroxylation is 1. The Morgan fingerprint density at radius 2 is 2.12 bits per heavy atom. The average Bonchev–Trinajstić information content (AvgIpc) is 3.05. The van der Waals surface area contributed by atoms with Gasteiger partial charge in [0.25, 0.3) is 11.8 Å². The predicted octanol–water partition coefficient (Wildman–Crippen LogP) is 1.22. The van der Waals surface area contributed by atoms with Gasteiger partial charge in [0.05, 0.1) is 29.1 Å². The Labute approximate surface area is 147 Å². The van der Waals surface area contributed by atoms with E-state index in [-0.39, 0.29) is 24.8 Å². The highest BCUT2D eigenvalue weighted by molar-refractivity contribution is 7.23. The second kappa shape index (κ2) is 6.61. The van der Waals surface area contributed by atoms with Crippen LogP contribution < -0.4 is 10.6 Å². The number of aliphatic hydroxyl groups is 1. The molecular weight excluding hydrogens is 344 g/mol. The highest BCUT2D eigenvalue weighted by atomic mass is 32.1. The van der Waals surface area contributed by atoms with Gasteiger partial charge >= 0.3 is 0 Å². The maximum absolute atomic E-state index is 12.3.